The third kappa shape index (κ3) is 5.70. The largest absolute Gasteiger partial charge is 0.493 e. The summed E-state index contributed by atoms with van der Waals surface area (Å²) in [6, 6.07) is 13.9. The predicted octanol–water partition coefficient (Wildman–Crippen LogP) is 4.49. The number of sulfonamides is 1. The van der Waals surface area contributed by atoms with Crippen LogP contribution in [0.15, 0.2) is 71.6 Å². The topological polar surface area (TPSA) is 93.7 Å². The summed E-state index contributed by atoms with van der Waals surface area (Å²) >= 11 is 0. The monoisotopic (exact) mass is 466 g/mol. The summed E-state index contributed by atoms with van der Waals surface area (Å²) in [5.41, 5.74) is 0.335. The molecule has 3 rings (SSSR count). The summed E-state index contributed by atoms with van der Waals surface area (Å²) in [6.45, 7) is -3.10. The number of halogens is 3. The van der Waals surface area contributed by atoms with E-state index in [1.54, 1.807) is 0 Å². The molecule has 0 aliphatic rings. The lowest BCUT2D eigenvalue weighted by molar-refractivity contribution is -0.0512. The van der Waals surface area contributed by atoms with Crippen molar-refractivity contribution in [3.05, 3.63) is 78.1 Å². The van der Waals surface area contributed by atoms with Gasteiger partial charge < -0.3 is 14.8 Å². The Bertz CT molecular complexity index is 1220. The number of carbonyl (C=O) groups excluding carboxylic acids is 1. The highest BCUT2D eigenvalue weighted by molar-refractivity contribution is 7.92. The zero-order valence-electron chi connectivity index (χ0n) is 16.5. The fraction of sp³-hybridized carbons (Fsp3) is 0.0952. The van der Waals surface area contributed by atoms with E-state index in [-0.39, 0.29) is 33.3 Å². The minimum Gasteiger partial charge on any atom is -0.493 e. The maximum atomic E-state index is 13.3. The van der Waals surface area contributed by atoms with E-state index in [4.69, 9.17) is 4.74 Å². The van der Waals surface area contributed by atoms with Crippen LogP contribution in [0.5, 0.6) is 11.5 Å². The Kier molecular flexibility index (Phi) is 6.89. The van der Waals surface area contributed by atoms with Crippen molar-refractivity contribution in [1.29, 1.82) is 0 Å². The predicted molar refractivity (Wildman–Crippen MR) is 111 cm³/mol. The maximum absolute atomic E-state index is 13.3. The molecule has 0 aliphatic heterocycles. The molecule has 0 spiro atoms. The van der Waals surface area contributed by atoms with Gasteiger partial charge in [-0.3, -0.25) is 9.52 Å². The first kappa shape index (κ1) is 22.9. The molecule has 0 fully saturated rings. The van der Waals surface area contributed by atoms with Gasteiger partial charge in [0.2, 0.25) is 0 Å². The van der Waals surface area contributed by atoms with Gasteiger partial charge in [-0.05, 0) is 60.7 Å². The number of amides is 1. The third-order valence-corrected chi connectivity index (χ3v) is 5.54. The van der Waals surface area contributed by atoms with Crippen molar-refractivity contribution < 1.29 is 35.9 Å². The van der Waals surface area contributed by atoms with Crippen molar-refractivity contribution in [3.63, 3.8) is 0 Å². The van der Waals surface area contributed by atoms with Crippen LogP contribution in [0, 0.1) is 5.82 Å². The van der Waals surface area contributed by atoms with Gasteiger partial charge in [0.15, 0.2) is 11.5 Å². The quantitative estimate of drug-likeness (QED) is 0.510. The van der Waals surface area contributed by atoms with E-state index in [0.717, 1.165) is 12.1 Å². The molecule has 0 heterocycles. The number of benzene rings is 3. The smallest absolute Gasteiger partial charge is 0.387 e. The molecule has 1 amide bonds. The molecule has 0 saturated heterocycles. The molecule has 7 nitrogen and oxygen atoms in total. The molecule has 3 aromatic rings. The van der Waals surface area contributed by atoms with Gasteiger partial charge in [-0.2, -0.15) is 8.78 Å². The van der Waals surface area contributed by atoms with Crippen LogP contribution in [0.1, 0.15) is 10.4 Å². The average molecular weight is 466 g/mol. The number of carbonyl (C=O) groups is 1. The van der Waals surface area contributed by atoms with Crippen molar-refractivity contribution in [2.45, 2.75) is 11.5 Å². The number of ether oxygens (including phenoxy) is 2. The Morgan fingerprint density at radius 3 is 2.28 bits per heavy atom. The van der Waals surface area contributed by atoms with Crippen LogP contribution in [-0.2, 0) is 10.0 Å². The number of rotatable bonds is 8. The summed E-state index contributed by atoms with van der Waals surface area (Å²) in [5, 5.41) is 2.52. The zero-order valence-corrected chi connectivity index (χ0v) is 17.3. The van der Waals surface area contributed by atoms with Gasteiger partial charge in [0.25, 0.3) is 15.9 Å². The normalized spacial score (nSPS) is 11.2. The molecular weight excluding hydrogens is 449 g/mol. The van der Waals surface area contributed by atoms with Crippen LogP contribution < -0.4 is 19.5 Å². The second-order valence-electron chi connectivity index (χ2n) is 6.34. The molecule has 11 heteroatoms. The first-order valence-electron chi connectivity index (χ1n) is 9.00. The first-order chi connectivity index (χ1) is 15.2. The third-order valence-electron chi connectivity index (χ3n) is 4.14. The number of nitrogens with one attached hydrogen (secondary N) is 2. The molecule has 3 aromatic carbocycles. The number of anilines is 2. The summed E-state index contributed by atoms with van der Waals surface area (Å²) < 4.78 is 74.8. The summed E-state index contributed by atoms with van der Waals surface area (Å²) in [7, 11) is -2.71. The zero-order chi connectivity index (χ0) is 23.3. The molecule has 168 valence electrons. The van der Waals surface area contributed by atoms with Gasteiger partial charge in [0.1, 0.15) is 5.82 Å². The van der Waals surface area contributed by atoms with E-state index >= 15 is 0 Å². The summed E-state index contributed by atoms with van der Waals surface area (Å²) in [4.78, 5) is 12.3. The van der Waals surface area contributed by atoms with E-state index < -0.39 is 28.4 Å². The second-order valence-corrected chi connectivity index (χ2v) is 8.02. The second kappa shape index (κ2) is 9.60. The summed E-state index contributed by atoms with van der Waals surface area (Å²) in [5.74, 6) is -1.51. The minimum atomic E-state index is -3.98. The minimum absolute atomic E-state index is 0.0194. The Labute approximate surface area is 181 Å². The Balaban J connectivity index is 1.73. The van der Waals surface area contributed by atoms with Crippen molar-refractivity contribution in [1.82, 2.24) is 0 Å². The van der Waals surface area contributed by atoms with Gasteiger partial charge in [-0.1, -0.05) is 6.07 Å². The van der Waals surface area contributed by atoms with Gasteiger partial charge in [-0.25, -0.2) is 12.8 Å². The molecule has 0 bridgehead atoms. The van der Waals surface area contributed by atoms with E-state index in [9.17, 15) is 26.4 Å². The van der Waals surface area contributed by atoms with Crippen LogP contribution >= 0.6 is 0 Å². The lowest BCUT2D eigenvalue weighted by Gasteiger charge is -2.12. The average Bonchev–Trinajstić information content (AvgIpc) is 2.73. The van der Waals surface area contributed by atoms with E-state index in [1.165, 1.54) is 61.7 Å². The molecule has 32 heavy (non-hydrogen) atoms. The molecule has 0 aromatic heterocycles. The molecule has 0 aliphatic carbocycles. The van der Waals surface area contributed by atoms with Gasteiger partial charge >= 0.3 is 6.61 Å². The number of alkyl halides is 2. The van der Waals surface area contributed by atoms with Crippen molar-refractivity contribution in [2.75, 3.05) is 17.1 Å². The lowest BCUT2D eigenvalue weighted by Crippen LogP contribution is -2.14. The van der Waals surface area contributed by atoms with Gasteiger partial charge in [0.05, 0.1) is 17.7 Å². The molecule has 0 atom stereocenters. The van der Waals surface area contributed by atoms with Crippen molar-refractivity contribution in [3.8, 4) is 11.5 Å². The Hall–Kier alpha value is -3.73. The Morgan fingerprint density at radius 2 is 1.66 bits per heavy atom. The van der Waals surface area contributed by atoms with Crippen LogP contribution in [0.2, 0.25) is 0 Å². The fourth-order valence-electron chi connectivity index (χ4n) is 2.69. The van der Waals surface area contributed by atoms with Gasteiger partial charge in [0, 0.05) is 11.3 Å². The Morgan fingerprint density at radius 1 is 0.938 bits per heavy atom. The van der Waals surface area contributed by atoms with Gasteiger partial charge in [-0.15, -0.1) is 0 Å². The number of hydrogen-bond acceptors (Lipinski definition) is 5. The van der Waals surface area contributed by atoms with Crippen LogP contribution in [0.3, 0.4) is 0 Å². The maximum Gasteiger partial charge on any atom is 0.387 e. The number of methoxy groups -OCH3 is 1. The van der Waals surface area contributed by atoms with Crippen LogP contribution in [-0.4, -0.2) is 28.0 Å². The van der Waals surface area contributed by atoms with Crippen molar-refractivity contribution in [2.24, 2.45) is 0 Å². The highest BCUT2D eigenvalue weighted by atomic mass is 32.2. The van der Waals surface area contributed by atoms with E-state index in [1.807, 2.05) is 0 Å². The first-order valence-corrected chi connectivity index (χ1v) is 10.5. The van der Waals surface area contributed by atoms with E-state index in [0.29, 0.717) is 0 Å². The van der Waals surface area contributed by atoms with E-state index in [2.05, 4.69) is 14.8 Å². The lowest BCUT2D eigenvalue weighted by atomic mass is 10.2. The van der Waals surface area contributed by atoms with Crippen LogP contribution in [0.4, 0.5) is 24.5 Å². The molecule has 0 radical (unpaired) electrons. The molecule has 2 N–H and O–H groups in total. The highest BCUT2D eigenvalue weighted by Gasteiger charge is 2.17. The number of hydrogen-bond donors (Lipinski definition) is 2. The molecule has 0 saturated carbocycles. The molecular formula is C21H17F3N2O5S. The summed E-state index contributed by atoms with van der Waals surface area (Å²) in [6.07, 6.45) is 0. The standard InChI is InChI=1S/C21H17F3N2O5S/c1-30-18-10-5-13(11-19(18)31-21(23)24)20(27)25-15-6-8-17(9-7-15)32(28,29)26-16-4-2-3-14(22)12-16/h2-12,21,26H,1H3,(H,25,27). The SMILES string of the molecule is COc1ccc(C(=O)Nc2ccc(S(=O)(=O)Nc3cccc(F)c3)cc2)cc1OC(F)F. The fourth-order valence-corrected chi connectivity index (χ4v) is 3.74. The molecule has 0 unspecified atom stereocenters. The van der Waals surface area contributed by atoms with Crippen LogP contribution in [0.25, 0.3) is 0 Å². The highest BCUT2D eigenvalue weighted by Crippen LogP contribution is 2.30. The van der Waals surface area contributed by atoms with Crippen molar-refractivity contribution >= 4 is 27.3 Å².